The third-order valence-corrected chi connectivity index (χ3v) is 3.41. The van der Waals surface area contributed by atoms with Gasteiger partial charge in [0.15, 0.2) is 0 Å². The van der Waals surface area contributed by atoms with Gasteiger partial charge >= 0.3 is 0 Å². The van der Waals surface area contributed by atoms with E-state index in [9.17, 15) is 0 Å². The summed E-state index contributed by atoms with van der Waals surface area (Å²) < 4.78 is 0. The molecule has 0 aliphatic carbocycles. The van der Waals surface area contributed by atoms with E-state index in [1.165, 1.54) is 24.2 Å². The average Bonchev–Trinajstić information content (AvgIpc) is 2.32. The number of benzene rings is 1. The molecular formula is C14H23N3. The molecule has 1 unspecified atom stereocenters. The number of anilines is 1. The Kier molecular flexibility index (Phi) is 4.40. The number of para-hydroxylation sites is 1. The van der Waals surface area contributed by atoms with E-state index < -0.39 is 0 Å². The van der Waals surface area contributed by atoms with Gasteiger partial charge < -0.3 is 15.5 Å². The number of nitrogens with one attached hydrogen (secondary N) is 2. The molecule has 1 fully saturated rings. The monoisotopic (exact) mass is 233 g/mol. The second-order valence-electron chi connectivity index (χ2n) is 4.94. The molecule has 1 aromatic rings. The van der Waals surface area contributed by atoms with Crippen LogP contribution >= 0.6 is 0 Å². The Balaban J connectivity index is 1.74. The molecule has 1 aliphatic heterocycles. The van der Waals surface area contributed by atoms with Crippen LogP contribution < -0.4 is 10.6 Å². The van der Waals surface area contributed by atoms with Crippen molar-refractivity contribution < 1.29 is 0 Å². The predicted molar refractivity (Wildman–Crippen MR) is 73.6 cm³/mol. The van der Waals surface area contributed by atoms with Gasteiger partial charge in [-0.15, -0.1) is 0 Å². The van der Waals surface area contributed by atoms with Crippen molar-refractivity contribution >= 4 is 5.69 Å². The number of rotatable bonds is 4. The van der Waals surface area contributed by atoms with Crippen molar-refractivity contribution in [1.29, 1.82) is 0 Å². The van der Waals surface area contributed by atoms with Crippen molar-refractivity contribution in [1.82, 2.24) is 10.2 Å². The summed E-state index contributed by atoms with van der Waals surface area (Å²) >= 11 is 0. The molecular weight excluding hydrogens is 210 g/mol. The molecule has 0 amide bonds. The molecule has 0 saturated carbocycles. The second-order valence-corrected chi connectivity index (χ2v) is 4.94. The molecule has 94 valence electrons. The minimum atomic E-state index is 0.630. The molecule has 2 N–H and O–H groups in total. The number of likely N-dealkylation sites (N-methyl/N-ethyl adjacent to an activating group) is 1. The fourth-order valence-corrected chi connectivity index (χ4v) is 2.34. The van der Waals surface area contributed by atoms with Crippen LogP contribution in [0.4, 0.5) is 5.69 Å². The van der Waals surface area contributed by atoms with Gasteiger partial charge in [0.2, 0.25) is 0 Å². The zero-order valence-corrected chi connectivity index (χ0v) is 10.9. The Morgan fingerprint density at radius 1 is 1.41 bits per heavy atom. The fraction of sp³-hybridized carbons (Fsp3) is 0.571. The van der Waals surface area contributed by atoms with Crippen LogP contribution in [0.3, 0.4) is 0 Å². The molecule has 0 bridgehead atoms. The van der Waals surface area contributed by atoms with Crippen molar-refractivity contribution in [2.75, 3.05) is 38.5 Å². The van der Waals surface area contributed by atoms with Gasteiger partial charge in [-0.3, -0.25) is 0 Å². The topological polar surface area (TPSA) is 27.3 Å². The molecule has 1 atom stereocenters. The Morgan fingerprint density at radius 3 is 3.00 bits per heavy atom. The van der Waals surface area contributed by atoms with Crippen LogP contribution in [0.5, 0.6) is 0 Å². The first-order valence-corrected chi connectivity index (χ1v) is 6.47. The lowest BCUT2D eigenvalue weighted by Crippen LogP contribution is -2.49. The largest absolute Gasteiger partial charge is 0.385 e. The van der Waals surface area contributed by atoms with Crippen LogP contribution in [0.15, 0.2) is 24.3 Å². The van der Waals surface area contributed by atoms with Gasteiger partial charge in [-0.2, -0.15) is 0 Å². The van der Waals surface area contributed by atoms with Crippen LogP contribution in [-0.2, 0) is 0 Å². The standard InChI is InChI=1S/C14H23N3/c1-12-5-3-4-6-14(12)16-8-7-13-11-17(2)10-9-15-13/h3-6,13,15-16H,7-11H2,1-2H3. The van der Waals surface area contributed by atoms with E-state index >= 15 is 0 Å². The second kappa shape index (κ2) is 6.03. The minimum Gasteiger partial charge on any atom is -0.385 e. The molecule has 3 heteroatoms. The minimum absolute atomic E-state index is 0.630. The van der Waals surface area contributed by atoms with Crippen LogP contribution in [0, 0.1) is 6.92 Å². The first-order chi connectivity index (χ1) is 8.25. The van der Waals surface area contributed by atoms with Crippen LogP contribution in [-0.4, -0.2) is 44.2 Å². The number of hydrogen-bond acceptors (Lipinski definition) is 3. The van der Waals surface area contributed by atoms with Gasteiger partial charge in [-0.05, 0) is 32.0 Å². The van der Waals surface area contributed by atoms with E-state index in [-0.39, 0.29) is 0 Å². The maximum absolute atomic E-state index is 3.57. The summed E-state index contributed by atoms with van der Waals surface area (Å²) in [4.78, 5) is 2.40. The summed E-state index contributed by atoms with van der Waals surface area (Å²) in [6, 6.07) is 9.09. The van der Waals surface area contributed by atoms with Gasteiger partial charge in [-0.25, -0.2) is 0 Å². The number of aryl methyl sites for hydroxylation is 1. The van der Waals surface area contributed by atoms with Gasteiger partial charge in [-0.1, -0.05) is 18.2 Å². The summed E-state index contributed by atoms with van der Waals surface area (Å²) in [5.74, 6) is 0. The van der Waals surface area contributed by atoms with E-state index in [0.717, 1.165) is 19.6 Å². The Hall–Kier alpha value is -1.06. The van der Waals surface area contributed by atoms with Crippen molar-refractivity contribution in [2.24, 2.45) is 0 Å². The first kappa shape index (κ1) is 12.4. The lowest BCUT2D eigenvalue weighted by molar-refractivity contribution is 0.234. The molecule has 1 aromatic carbocycles. The zero-order chi connectivity index (χ0) is 12.1. The highest BCUT2D eigenvalue weighted by Gasteiger charge is 2.15. The Morgan fingerprint density at radius 2 is 2.24 bits per heavy atom. The maximum atomic E-state index is 3.57. The molecule has 2 rings (SSSR count). The molecule has 1 heterocycles. The van der Waals surface area contributed by atoms with Crippen LogP contribution in [0.1, 0.15) is 12.0 Å². The Bertz CT molecular complexity index is 351. The van der Waals surface area contributed by atoms with Gasteiger partial charge in [0.25, 0.3) is 0 Å². The zero-order valence-electron chi connectivity index (χ0n) is 10.9. The van der Waals surface area contributed by atoms with Crippen molar-refractivity contribution in [3.63, 3.8) is 0 Å². The normalized spacial score (nSPS) is 21.4. The molecule has 0 radical (unpaired) electrons. The van der Waals surface area contributed by atoms with E-state index in [2.05, 4.69) is 53.8 Å². The van der Waals surface area contributed by atoms with Crippen LogP contribution in [0.2, 0.25) is 0 Å². The quantitative estimate of drug-likeness (QED) is 0.829. The highest BCUT2D eigenvalue weighted by atomic mass is 15.2. The van der Waals surface area contributed by atoms with Gasteiger partial charge in [0, 0.05) is 37.9 Å². The summed E-state index contributed by atoms with van der Waals surface area (Å²) in [7, 11) is 2.20. The predicted octanol–water partition coefficient (Wildman–Crippen LogP) is 1.70. The Labute approximate surface area is 104 Å². The van der Waals surface area contributed by atoms with E-state index in [4.69, 9.17) is 0 Å². The number of nitrogens with zero attached hydrogens (tertiary/aromatic N) is 1. The third-order valence-electron chi connectivity index (χ3n) is 3.41. The van der Waals surface area contributed by atoms with Crippen LogP contribution in [0.25, 0.3) is 0 Å². The smallest absolute Gasteiger partial charge is 0.0369 e. The maximum Gasteiger partial charge on any atom is 0.0369 e. The summed E-state index contributed by atoms with van der Waals surface area (Å²) in [5.41, 5.74) is 2.58. The molecule has 3 nitrogen and oxygen atoms in total. The summed E-state index contributed by atoms with van der Waals surface area (Å²) in [5, 5.41) is 7.09. The highest BCUT2D eigenvalue weighted by molar-refractivity contribution is 5.50. The van der Waals surface area contributed by atoms with Gasteiger partial charge in [0.05, 0.1) is 0 Å². The average molecular weight is 233 g/mol. The summed E-state index contributed by atoms with van der Waals surface area (Å²) in [6.07, 6.45) is 1.18. The van der Waals surface area contributed by atoms with E-state index in [1.807, 2.05) is 0 Å². The molecule has 0 aromatic heterocycles. The van der Waals surface area contributed by atoms with E-state index in [0.29, 0.717) is 6.04 Å². The third kappa shape index (κ3) is 3.72. The number of hydrogen-bond donors (Lipinski definition) is 2. The molecule has 0 spiro atoms. The molecule has 17 heavy (non-hydrogen) atoms. The highest BCUT2D eigenvalue weighted by Crippen LogP contribution is 2.13. The van der Waals surface area contributed by atoms with Crippen molar-refractivity contribution in [3.05, 3.63) is 29.8 Å². The van der Waals surface area contributed by atoms with Crippen molar-refractivity contribution in [2.45, 2.75) is 19.4 Å². The first-order valence-electron chi connectivity index (χ1n) is 6.47. The molecule has 1 aliphatic rings. The summed E-state index contributed by atoms with van der Waals surface area (Å²) in [6.45, 7) is 6.63. The fourth-order valence-electron chi connectivity index (χ4n) is 2.34. The van der Waals surface area contributed by atoms with Gasteiger partial charge in [0.1, 0.15) is 0 Å². The van der Waals surface area contributed by atoms with E-state index in [1.54, 1.807) is 0 Å². The van der Waals surface area contributed by atoms with Crippen molar-refractivity contribution in [3.8, 4) is 0 Å². The SMILES string of the molecule is Cc1ccccc1NCCC1CN(C)CCN1. The lowest BCUT2D eigenvalue weighted by atomic mass is 10.1. The molecule has 1 saturated heterocycles. The number of piperazine rings is 1. The lowest BCUT2D eigenvalue weighted by Gasteiger charge is -2.31.